The largest absolute Gasteiger partial charge is 0.392 e. The summed E-state index contributed by atoms with van der Waals surface area (Å²) in [7, 11) is -9.43. The number of aliphatic hydroxyl groups is 1. The lowest BCUT2D eigenvalue weighted by Crippen LogP contribution is -2.34. The summed E-state index contributed by atoms with van der Waals surface area (Å²) >= 11 is 0.986. The summed E-state index contributed by atoms with van der Waals surface area (Å²) in [6.07, 6.45) is 0. The van der Waals surface area contributed by atoms with Gasteiger partial charge in [0.15, 0.2) is 14.6 Å². The monoisotopic (exact) mass is 825 g/mol. The van der Waals surface area contributed by atoms with Crippen LogP contribution in [0.1, 0.15) is 11.1 Å². The van der Waals surface area contributed by atoms with Crippen molar-refractivity contribution in [2.24, 2.45) is 0 Å². The first-order valence-corrected chi connectivity index (χ1v) is 21.3. The van der Waals surface area contributed by atoms with Crippen LogP contribution < -0.4 is 27.3 Å². The Labute approximate surface area is 323 Å². The highest BCUT2D eigenvalue weighted by atomic mass is 32.2. The van der Waals surface area contributed by atoms with Crippen LogP contribution in [-0.2, 0) is 45.3 Å². The zero-order valence-electron chi connectivity index (χ0n) is 28.1. The number of hydrogen-bond donors (Lipinski definition) is 5. The molecule has 0 aliphatic rings. The summed E-state index contributed by atoms with van der Waals surface area (Å²) < 4.78 is 106. The average Bonchev–Trinajstić information content (AvgIpc) is 3.12. The molecule has 0 heterocycles. The standard InChI is InChI=1S/C33H28B3O13S5/c1-19-3-6-25(16-30(19)50-48-38)52(40,41)26-7-10-29(33(17-26)54(45,46)47)36-27-8-4-21(13-31(27)51-49-39)22-5-9-28(32(14-22)53(42,43)44)35-24-12-20(18-37)11-23(15-24)34-2/h3-17,37-39H,18H2,1-2H3,(H,42,43,44)(H,45,46,47). The molecule has 54 heavy (non-hydrogen) atoms. The minimum atomic E-state index is -5.01. The topological polar surface area (TPSA) is 222 Å². The maximum absolute atomic E-state index is 13.5. The molecular weight excluding hydrogens is 797 g/mol. The van der Waals surface area contributed by atoms with Crippen LogP contribution in [-0.4, -0.2) is 71.8 Å². The van der Waals surface area contributed by atoms with E-state index in [1.54, 1.807) is 44.5 Å². The second kappa shape index (κ2) is 17.1. The Bertz CT molecular complexity index is 2530. The van der Waals surface area contributed by atoms with E-state index < -0.39 is 44.8 Å². The zero-order chi connectivity index (χ0) is 39.4. The van der Waals surface area contributed by atoms with E-state index in [1.165, 1.54) is 55.8 Å². The van der Waals surface area contributed by atoms with Gasteiger partial charge in [0.25, 0.3) is 20.2 Å². The summed E-state index contributed by atoms with van der Waals surface area (Å²) in [4.78, 5) is -1.36. The molecule has 5 aromatic carbocycles. The van der Waals surface area contributed by atoms with Gasteiger partial charge in [-0.15, -0.1) is 0 Å². The fourth-order valence-corrected chi connectivity index (χ4v) is 9.27. The molecule has 0 aliphatic carbocycles. The minimum Gasteiger partial charge on any atom is -0.392 e. The highest BCUT2D eigenvalue weighted by Crippen LogP contribution is 2.30. The van der Waals surface area contributed by atoms with Crippen LogP contribution >= 0.6 is 24.1 Å². The van der Waals surface area contributed by atoms with Crippen molar-refractivity contribution in [3.63, 3.8) is 0 Å². The Morgan fingerprint density at radius 1 is 0.611 bits per heavy atom. The number of hydrogen-bond acceptors (Lipinski definition) is 13. The lowest BCUT2D eigenvalue weighted by atomic mass is 9.61. The summed E-state index contributed by atoms with van der Waals surface area (Å²) in [6.45, 7) is 3.24. The van der Waals surface area contributed by atoms with Gasteiger partial charge in [-0.3, -0.25) is 9.11 Å². The summed E-state index contributed by atoms with van der Waals surface area (Å²) in [5.41, 5.74) is 3.59. The summed E-state index contributed by atoms with van der Waals surface area (Å²) in [5, 5.41) is 27.8. The third-order valence-electron chi connectivity index (χ3n) is 8.12. The van der Waals surface area contributed by atoms with E-state index in [9.17, 15) is 44.7 Å². The normalized spacial score (nSPS) is 12.1. The van der Waals surface area contributed by atoms with E-state index in [2.05, 4.69) is 8.67 Å². The molecule has 0 fully saturated rings. The molecule has 0 unspecified atom stereocenters. The average molecular weight is 825 g/mol. The number of rotatable bonds is 15. The number of sulfone groups is 1. The molecule has 0 amide bonds. The molecule has 5 rings (SSSR count). The first-order valence-electron chi connectivity index (χ1n) is 15.4. The van der Waals surface area contributed by atoms with E-state index >= 15 is 0 Å². The van der Waals surface area contributed by atoms with Gasteiger partial charge in [0, 0.05) is 9.79 Å². The van der Waals surface area contributed by atoms with Crippen LogP contribution in [0, 0.1) is 6.92 Å². The van der Waals surface area contributed by atoms with Crippen molar-refractivity contribution in [1.82, 2.24) is 0 Å². The number of aliphatic hydroxyl groups excluding tert-OH is 1. The molecule has 3 radical (unpaired) electrons. The van der Waals surface area contributed by atoms with Gasteiger partial charge in [-0.2, -0.15) is 25.5 Å². The van der Waals surface area contributed by atoms with Crippen molar-refractivity contribution < 1.29 is 58.6 Å². The molecule has 277 valence electrons. The Hall–Kier alpha value is -3.44. The fourth-order valence-electron chi connectivity index (χ4n) is 5.47. The van der Waals surface area contributed by atoms with E-state index in [0.717, 1.165) is 17.6 Å². The lowest BCUT2D eigenvalue weighted by molar-refractivity contribution is -0.116. The van der Waals surface area contributed by atoms with Crippen molar-refractivity contribution in [3.8, 4) is 11.1 Å². The van der Waals surface area contributed by atoms with Crippen LogP contribution in [0.2, 0.25) is 6.82 Å². The Morgan fingerprint density at radius 2 is 1.15 bits per heavy atom. The second-order valence-corrected chi connectivity index (χ2v) is 17.9. The highest BCUT2D eigenvalue weighted by molar-refractivity contribution is 7.95. The second-order valence-electron chi connectivity index (χ2n) is 11.6. The molecule has 5 N–H and O–H groups in total. The molecule has 0 aromatic heterocycles. The predicted octanol–water partition coefficient (Wildman–Crippen LogP) is 2.16. The Balaban J connectivity index is 1.51. The van der Waals surface area contributed by atoms with Crippen LogP contribution in [0.5, 0.6) is 0 Å². The van der Waals surface area contributed by atoms with Crippen LogP contribution in [0.4, 0.5) is 0 Å². The van der Waals surface area contributed by atoms with Gasteiger partial charge in [0.05, 0.1) is 50.3 Å². The van der Waals surface area contributed by atoms with E-state index in [0.29, 0.717) is 51.8 Å². The number of aryl methyl sites for hydroxylation is 1. The van der Waals surface area contributed by atoms with Crippen LogP contribution in [0.3, 0.4) is 0 Å². The third kappa shape index (κ3) is 9.68. The smallest absolute Gasteiger partial charge is 0.294 e. The summed E-state index contributed by atoms with van der Waals surface area (Å²) in [6, 6.07) is 21.2. The first-order chi connectivity index (χ1) is 25.5. The van der Waals surface area contributed by atoms with Crippen molar-refractivity contribution >= 4 is 103 Å². The van der Waals surface area contributed by atoms with E-state index in [1.807, 2.05) is 14.1 Å². The molecule has 21 heteroatoms. The van der Waals surface area contributed by atoms with Crippen LogP contribution in [0.15, 0.2) is 120 Å². The van der Waals surface area contributed by atoms with Crippen molar-refractivity contribution in [1.29, 1.82) is 0 Å². The van der Waals surface area contributed by atoms with Gasteiger partial charge in [0.2, 0.25) is 9.84 Å². The molecule has 5 aromatic rings. The molecular formula is C33H28B3O13S5. The quantitative estimate of drug-likeness (QED) is 0.0336. The van der Waals surface area contributed by atoms with Gasteiger partial charge in [0.1, 0.15) is 7.28 Å². The Kier molecular flexibility index (Phi) is 13.2. The fraction of sp³-hybridized carbons (Fsp3) is 0.0909. The zero-order valence-corrected chi connectivity index (χ0v) is 32.2. The maximum atomic E-state index is 13.5. The first kappa shape index (κ1) is 41.7. The van der Waals surface area contributed by atoms with Crippen molar-refractivity contribution in [2.45, 2.75) is 49.7 Å². The molecule has 0 aliphatic heterocycles. The van der Waals surface area contributed by atoms with Gasteiger partial charge < -0.3 is 5.11 Å². The minimum absolute atomic E-state index is 0.125. The summed E-state index contributed by atoms with van der Waals surface area (Å²) in [5.74, 6) is 0. The maximum Gasteiger partial charge on any atom is 0.294 e. The third-order valence-corrected chi connectivity index (χ3v) is 13.0. The number of benzene rings is 5. The van der Waals surface area contributed by atoms with Gasteiger partial charge in [-0.05, 0) is 65.6 Å². The molecule has 0 spiro atoms. The SMILES string of the molecule is C[B]c1cc([B]c2ccc(-c3ccc([B]c4ccc(S(=O)(=O)c5ccc(C)c(SOO)c5)cc4S(=O)(=O)O)c(SOO)c3)cc2S(=O)(=O)O)cc(CO)c1. The predicted molar refractivity (Wildman–Crippen MR) is 207 cm³/mol. The van der Waals surface area contributed by atoms with Gasteiger partial charge >= 0.3 is 0 Å². The van der Waals surface area contributed by atoms with E-state index in [-0.39, 0.29) is 37.7 Å². The molecule has 0 bridgehead atoms. The van der Waals surface area contributed by atoms with Gasteiger partial charge in [-0.25, -0.2) is 18.9 Å². The molecule has 0 atom stereocenters. The Morgan fingerprint density at radius 3 is 1.78 bits per heavy atom. The molecule has 0 saturated heterocycles. The van der Waals surface area contributed by atoms with Crippen molar-refractivity contribution in [2.75, 3.05) is 0 Å². The van der Waals surface area contributed by atoms with Crippen LogP contribution in [0.25, 0.3) is 11.1 Å². The van der Waals surface area contributed by atoms with E-state index in [4.69, 9.17) is 5.26 Å². The van der Waals surface area contributed by atoms with Crippen molar-refractivity contribution in [3.05, 3.63) is 102 Å². The highest BCUT2D eigenvalue weighted by Gasteiger charge is 2.26. The van der Waals surface area contributed by atoms with Gasteiger partial charge in [-0.1, -0.05) is 88.7 Å². The lowest BCUT2D eigenvalue weighted by Gasteiger charge is -2.14. The molecule has 0 saturated carbocycles. The molecule has 13 nitrogen and oxygen atoms in total.